The molecule has 1 aromatic carbocycles. The van der Waals surface area contributed by atoms with Crippen molar-refractivity contribution in [3.8, 4) is 5.75 Å². The van der Waals surface area contributed by atoms with Gasteiger partial charge < -0.3 is 23.7 Å². The molecule has 0 N–H and O–H groups in total. The number of nitrogens with zero attached hydrogens (tertiary/aromatic N) is 1. The summed E-state index contributed by atoms with van der Waals surface area (Å²) in [5, 5.41) is -0.694. The number of benzene rings is 1. The van der Waals surface area contributed by atoms with Crippen LogP contribution >= 0.6 is 11.8 Å². The Hall–Kier alpha value is -3.54. The van der Waals surface area contributed by atoms with E-state index >= 15 is 0 Å². The van der Waals surface area contributed by atoms with Gasteiger partial charge in [0, 0.05) is 54.3 Å². The minimum Gasteiger partial charge on any atom is -0.474 e. The molecule has 2 heterocycles. The van der Waals surface area contributed by atoms with Gasteiger partial charge in [-0.2, -0.15) is 0 Å². The molecule has 0 amide bonds. The van der Waals surface area contributed by atoms with Crippen molar-refractivity contribution in [2.75, 3.05) is 6.61 Å². The lowest BCUT2D eigenvalue weighted by Crippen LogP contribution is -2.59. The van der Waals surface area contributed by atoms with Gasteiger partial charge >= 0.3 is 23.9 Å². The van der Waals surface area contributed by atoms with Gasteiger partial charge in [0.1, 0.15) is 12.4 Å². The molecule has 1 fully saturated rings. The Balaban J connectivity index is 0.00000560. The second kappa shape index (κ2) is 15.3. The molecular formula is C28H33BNO9S. The summed E-state index contributed by atoms with van der Waals surface area (Å²) in [6.07, 6.45) is 1.26. The van der Waals surface area contributed by atoms with E-state index in [4.69, 9.17) is 23.7 Å². The van der Waals surface area contributed by atoms with Crippen molar-refractivity contribution in [1.82, 2.24) is 4.98 Å². The zero-order valence-corrected chi connectivity index (χ0v) is 24.0. The third-order valence-electron chi connectivity index (χ3n) is 5.89. The van der Waals surface area contributed by atoms with Crippen LogP contribution < -0.4 is 4.74 Å². The molecule has 5 atom stereocenters. The molecule has 12 heteroatoms. The first-order chi connectivity index (χ1) is 18.6. The van der Waals surface area contributed by atoms with E-state index in [1.165, 1.54) is 33.3 Å². The predicted molar refractivity (Wildman–Crippen MR) is 148 cm³/mol. The van der Waals surface area contributed by atoms with Crippen LogP contribution in [0.5, 0.6) is 5.75 Å². The topological polar surface area (TPSA) is 127 Å². The van der Waals surface area contributed by atoms with Gasteiger partial charge in [-0.05, 0) is 23.6 Å². The first-order valence-electron chi connectivity index (χ1n) is 12.5. The molecule has 0 saturated carbocycles. The van der Waals surface area contributed by atoms with Crippen LogP contribution in [0.25, 0.3) is 0 Å². The molecule has 3 rings (SSSR count). The number of ether oxygens (including phenoxy) is 5. The fraction of sp³-hybridized carbons (Fsp3) is 0.464. The Kier molecular flexibility index (Phi) is 12.5. The number of aromatic nitrogens is 1. The molecule has 213 valence electrons. The van der Waals surface area contributed by atoms with E-state index < -0.39 is 52.9 Å². The third kappa shape index (κ3) is 9.29. The van der Waals surface area contributed by atoms with Crippen LogP contribution in [0.3, 0.4) is 0 Å². The number of rotatable bonds is 10. The molecule has 0 unspecified atom stereocenters. The zero-order valence-electron chi connectivity index (χ0n) is 23.2. The zero-order chi connectivity index (χ0) is 28.5. The summed E-state index contributed by atoms with van der Waals surface area (Å²) in [7, 11) is 0. The molecule has 1 aliphatic rings. The summed E-state index contributed by atoms with van der Waals surface area (Å²) >= 11 is 1.15. The molecule has 0 bridgehead atoms. The normalized spacial score (nSPS) is 21.8. The van der Waals surface area contributed by atoms with Gasteiger partial charge in [0.25, 0.3) is 0 Å². The summed E-state index contributed by atoms with van der Waals surface area (Å²) < 4.78 is 28.2. The average Bonchev–Trinajstić information content (AvgIpc) is 2.87. The lowest BCUT2D eigenvalue weighted by Gasteiger charge is -2.43. The van der Waals surface area contributed by atoms with Crippen molar-refractivity contribution in [2.24, 2.45) is 0 Å². The maximum atomic E-state index is 12.1. The number of hydrogen-bond acceptors (Lipinski definition) is 11. The molecule has 10 nitrogen and oxygen atoms in total. The molecule has 1 aliphatic heterocycles. The van der Waals surface area contributed by atoms with Crippen molar-refractivity contribution in [1.29, 1.82) is 0 Å². The molecule has 40 heavy (non-hydrogen) atoms. The van der Waals surface area contributed by atoms with Crippen LogP contribution in [-0.4, -0.2) is 72.9 Å². The Labute approximate surface area is 240 Å². The number of hydrogen-bond donors (Lipinski definition) is 0. The largest absolute Gasteiger partial charge is 0.474 e. The standard InChI is InChI=1S/C28H33NO9S.B/c1-6-20-7-9-21(10-8-20)13-22-11-12-29-14-23(22)38-28-27(37-19(5)33)26(36-18(4)32)25(35-17(3)31)24(39-28)15-34-16(2)30;/h7-12,14,24-28H,6,13,15H2,1-5H3;/t24-,25-,26+,27-,28-;/m1./s1. The highest BCUT2D eigenvalue weighted by Gasteiger charge is 2.53. The Morgan fingerprint density at radius 1 is 0.800 bits per heavy atom. The summed E-state index contributed by atoms with van der Waals surface area (Å²) in [6, 6.07) is 10.1. The highest BCUT2D eigenvalue weighted by molar-refractivity contribution is 8.00. The van der Waals surface area contributed by atoms with E-state index in [1.807, 2.05) is 6.07 Å². The van der Waals surface area contributed by atoms with Gasteiger partial charge in [-0.15, -0.1) is 11.8 Å². The van der Waals surface area contributed by atoms with Crippen molar-refractivity contribution in [2.45, 2.75) is 76.5 Å². The first kappa shape index (κ1) is 32.7. The molecule has 3 radical (unpaired) electrons. The number of pyridine rings is 1. The lowest BCUT2D eigenvalue weighted by molar-refractivity contribution is -0.190. The molecule has 0 spiro atoms. The predicted octanol–water partition coefficient (Wildman–Crippen LogP) is 3.03. The van der Waals surface area contributed by atoms with Gasteiger partial charge in [0.05, 0.1) is 11.4 Å². The van der Waals surface area contributed by atoms with Crippen LogP contribution in [-0.2, 0) is 51.0 Å². The minimum atomic E-state index is -1.22. The number of esters is 4. The second-order valence-corrected chi connectivity index (χ2v) is 10.4. The first-order valence-corrected chi connectivity index (χ1v) is 13.5. The lowest BCUT2D eigenvalue weighted by atomic mass is 10.0. The number of carbonyl (C=O) groups is 4. The Morgan fingerprint density at radius 3 is 1.95 bits per heavy atom. The van der Waals surface area contributed by atoms with Crippen LogP contribution in [0, 0.1) is 0 Å². The summed E-state index contributed by atoms with van der Waals surface area (Å²) in [6.45, 7) is 6.80. The van der Waals surface area contributed by atoms with Crippen LogP contribution in [0.15, 0.2) is 42.7 Å². The maximum Gasteiger partial charge on any atom is 0.303 e. The van der Waals surface area contributed by atoms with E-state index in [9.17, 15) is 19.2 Å². The third-order valence-corrected chi connectivity index (χ3v) is 7.27. The van der Waals surface area contributed by atoms with E-state index in [1.54, 1.807) is 12.4 Å². The molecule has 1 aromatic heterocycles. The fourth-order valence-corrected chi connectivity index (χ4v) is 5.56. The van der Waals surface area contributed by atoms with Gasteiger partial charge in [0.15, 0.2) is 23.7 Å². The second-order valence-electron chi connectivity index (χ2n) is 9.02. The number of carbonyl (C=O) groups excluding carboxylic acids is 4. The van der Waals surface area contributed by atoms with Gasteiger partial charge in [-0.25, -0.2) is 0 Å². The van der Waals surface area contributed by atoms with Gasteiger partial charge in [0.2, 0.25) is 0 Å². The average molecular weight is 570 g/mol. The van der Waals surface area contributed by atoms with Crippen molar-refractivity contribution in [3.05, 3.63) is 59.4 Å². The molecule has 0 aliphatic carbocycles. The fourth-order valence-electron chi connectivity index (χ4n) is 4.18. The van der Waals surface area contributed by atoms with Crippen molar-refractivity contribution >= 4 is 44.1 Å². The Morgan fingerprint density at radius 2 is 1.38 bits per heavy atom. The molecule has 2 aromatic rings. The highest BCUT2D eigenvalue weighted by atomic mass is 32.2. The summed E-state index contributed by atoms with van der Waals surface area (Å²) in [4.78, 5) is 51.9. The molecule has 1 saturated heterocycles. The monoisotopic (exact) mass is 570 g/mol. The van der Waals surface area contributed by atoms with Crippen molar-refractivity contribution < 1.29 is 42.9 Å². The summed E-state index contributed by atoms with van der Waals surface area (Å²) in [5.74, 6) is -2.07. The van der Waals surface area contributed by atoms with E-state index in [0.717, 1.165) is 29.3 Å². The maximum absolute atomic E-state index is 12.1. The number of thioether (sulfide) groups is 1. The smallest absolute Gasteiger partial charge is 0.303 e. The summed E-state index contributed by atoms with van der Waals surface area (Å²) in [5.41, 5.74) is 2.21. The Bertz CT molecular complexity index is 1180. The van der Waals surface area contributed by atoms with Gasteiger partial charge in [-0.3, -0.25) is 24.2 Å². The van der Waals surface area contributed by atoms with E-state index in [2.05, 4.69) is 36.2 Å². The van der Waals surface area contributed by atoms with E-state index in [0.29, 0.717) is 12.2 Å². The number of aryl methyl sites for hydroxylation is 1. The van der Waals surface area contributed by atoms with Crippen LogP contribution in [0.2, 0.25) is 0 Å². The van der Waals surface area contributed by atoms with Crippen molar-refractivity contribution in [3.63, 3.8) is 0 Å². The SMILES string of the molecule is CCc1ccc(Cc2ccncc2O[C@@H]2S[C@H](COC(C)=O)[C@@H](OC(C)=O)[C@H](OC(C)=O)[C@H]2OC(C)=O)cc1.[B]. The highest BCUT2D eigenvalue weighted by Crippen LogP contribution is 2.40. The van der Waals surface area contributed by atoms with Crippen LogP contribution in [0.4, 0.5) is 0 Å². The van der Waals surface area contributed by atoms with Crippen LogP contribution in [0.1, 0.15) is 51.3 Å². The van der Waals surface area contributed by atoms with E-state index in [-0.39, 0.29) is 15.0 Å². The minimum absolute atomic E-state index is 0. The van der Waals surface area contributed by atoms with Gasteiger partial charge in [-0.1, -0.05) is 31.2 Å². The quantitative estimate of drug-likeness (QED) is 0.238. The molecular weight excluding hydrogens is 537 g/mol.